The van der Waals surface area contributed by atoms with E-state index >= 15 is 0 Å². The molecule has 0 heterocycles. The van der Waals surface area contributed by atoms with Crippen LogP contribution < -0.4 is 16.0 Å². The summed E-state index contributed by atoms with van der Waals surface area (Å²) >= 11 is 0. The van der Waals surface area contributed by atoms with E-state index in [1.54, 1.807) is 7.11 Å². The van der Waals surface area contributed by atoms with Crippen LogP contribution in [0.15, 0.2) is 42.5 Å². The quantitative estimate of drug-likeness (QED) is 0.635. The molecule has 2 rings (SSSR count). The highest BCUT2D eigenvalue weighted by molar-refractivity contribution is 5.28. The third kappa shape index (κ3) is 4.51. The average molecular weight is 292 g/mol. The van der Waals surface area contributed by atoms with Crippen molar-refractivity contribution >= 4 is 0 Å². The second-order valence-corrected chi connectivity index (χ2v) is 4.90. The number of rotatable bonds is 6. The molecule has 112 valence electrons. The molecule has 3 nitrogen and oxygen atoms in total. The zero-order valence-electron chi connectivity index (χ0n) is 11.8. The number of hydrogen-bond donors (Lipinski definition) is 2. The first-order valence-corrected chi connectivity index (χ1v) is 6.64. The molecular formula is C16H18F2N2O. The van der Waals surface area contributed by atoms with Crippen molar-refractivity contribution in [2.75, 3.05) is 7.11 Å². The van der Waals surface area contributed by atoms with Crippen molar-refractivity contribution in [3.05, 3.63) is 65.2 Å². The molecule has 0 saturated heterocycles. The number of hydrogen-bond acceptors (Lipinski definition) is 3. The first-order chi connectivity index (χ1) is 10.1. The van der Waals surface area contributed by atoms with E-state index in [4.69, 9.17) is 10.6 Å². The molecule has 2 aromatic carbocycles. The summed E-state index contributed by atoms with van der Waals surface area (Å²) in [6.45, 7) is 0. The van der Waals surface area contributed by atoms with Crippen LogP contribution in [0.4, 0.5) is 8.78 Å². The van der Waals surface area contributed by atoms with Gasteiger partial charge in [0.05, 0.1) is 7.11 Å². The Bertz CT molecular complexity index is 567. The standard InChI is InChI=1S/C16H18F2N2O/c1-21-16-4-2-11(3-5-16)8-15(20-19)9-12-6-13(17)10-14(18)7-12/h2-7,10,15,20H,8-9,19H2,1H3. The molecule has 1 atom stereocenters. The third-order valence-electron chi connectivity index (χ3n) is 3.28. The molecule has 0 radical (unpaired) electrons. The van der Waals surface area contributed by atoms with Crippen molar-refractivity contribution < 1.29 is 13.5 Å². The largest absolute Gasteiger partial charge is 0.497 e. The highest BCUT2D eigenvalue weighted by Gasteiger charge is 2.11. The van der Waals surface area contributed by atoms with Crippen molar-refractivity contribution in [1.29, 1.82) is 0 Å². The Kier molecular flexibility index (Phi) is 5.25. The highest BCUT2D eigenvalue weighted by Crippen LogP contribution is 2.15. The zero-order valence-corrected chi connectivity index (χ0v) is 11.8. The van der Waals surface area contributed by atoms with Crippen LogP contribution in [0.1, 0.15) is 11.1 Å². The van der Waals surface area contributed by atoms with E-state index < -0.39 is 11.6 Å². The predicted molar refractivity (Wildman–Crippen MR) is 77.9 cm³/mol. The van der Waals surface area contributed by atoms with Crippen molar-refractivity contribution in [3.63, 3.8) is 0 Å². The van der Waals surface area contributed by atoms with Gasteiger partial charge in [-0.1, -0.05) is 12.1 Å². The van der Waals surface area contributed by atoms with Crippen molar-refractivity contribution in [3.8, 4) is 5.75 Å². The molecule has 0 aliphatic rings. The summed E-state index contributed by atoms with van der Waals surface area (Å²) in [6.07, 6.45) is 1.09. The predicted octanol–water partition coefficient (Wildman–Crippen LogP) is 2.59. The number of halogens is 2. The fraction of sp³-hybridized carbons (Fsp3) is 0.250. The first kappa shape index (κ1) is 15.4. The first-order valence-electron chi connectivity index (χ1n) is 6.64. The Morgan fingerprint density at radius 2 is 1.57 bits per heavy atom. The molecular weight excluding hydrogens is 274 g/mol. The van der Waals surface area contributed by atoms with Crippen LogP contribution in [-0.4, -0.2) is 13.2 Å². The molecule has 3 N–H and O–H groups in total. The van der Waals surface area contributed by atoms with Gasteiger partial charge in [0.25, 0.3) is 0 Å². The van der Waals surface area contributed by atoms with Crippen molar-refractivity contribution in [2.24, 2.45) is 5.84 Å². The number of nitrogens with one attached hydrogen (secondary N) is 1. The summed E-state index contributed by atoms with van der Waals surface area (Å²) in [5, 5.41) is 0. The summed E-state index contributed by atoms with van der Waals surface area (Å²) in [7, 11) is 1.61. The zero-order chi connectivity index (χ0) is 15.2. The lowest BCUT2D eigenvalue weighted by molar-refractivity contribution is 0.414. The van der Waals surface area contributed by atoms with Gasteiger partial charge in [-0.2, -0.15) is 0 Å². The summed E-state index contributed by atoms with van der Waals surface area (Å²) in [4.78, 5) is 0. The number of methoxy groups -OCH3 is 1. The molecule has 2 aromatic rings. The maximum Gasteiger partial charge on any atom is 0.126 e. The second kappa shape index (κ2) is 7.15. The molecule has 0 saturated carbocycles. The monoisotopic (exact) mass is 292 g/mol. The molecule has 0 aromatic heterocycles. The number of hydrazine groups is 1. The van der Waals surface area contributed by atoms with Crippen LogP contribution >= 0.6 is 0 Å². The van der Waals surface area contributed by atoms with Crippen LogP contribution in [0.2, 0.25) is 0 Å². The van der Waals surface area contributed by atoms with Crippen LogP contribution in [0.5, 0.6) is 5.75 Å². The number of ether oxygens (including phenoxy) is 1. The van der Waals surface area contributed by atoms with Crippen molar-refractivity contribution in [2.45, 2.75) is 18.9 Å². The second-order valence-electron chi connectivity index (χ2n) is 4.90. The fourth-order valence-corrected chi connectivity index (χ4v) is 2.25. The van der Waals surface area contributed by atoms with Crippen LogP contribution in [0.3, 0.4) is 0 Å². The lowest BCUT2D eigenvalue weighted by atomic mass is 9.99. The van der Waals surface area contributed by atoms with Gasteiger partial charge < -0.3 is 4.74 Å². The fourth-order valence-electron chi connectivity index (χ4n) is 2.25. The molecule has 1 unspecified atom stereocenters. The number of nitrogens with two attached hydrogens (primary N) is 1. The molecule has 0 bridgehead atoms. The van der Waals surface area contributed by atoms with Crippen molar-refractivity contribution in [1.82, 2.24) is 5.43 Å². The minimum Gasteiger partial charge on any atom is -0.497 e. The van der Waals surface area contributed by atoms with Crippen LogP contribution in [-0.2, 0) is 12.8 Å². The maximum atomic E-state index is 13.2. The molecule has 0 amide bonds. The lowest BCUT2D eigenvalue weighted by Crippen LogP contribution is -2.38. The van der Waals surface area contributed by atoms with Gasteiger partial charge >= 0.3 is 0 Å². The van der Waals surface area contributed by atoms with E-state index in [-0.39, 0.29) is 6.04 Å². The summed E-state index contributed by atoms with van der Waals surface area (Å²) < 4.78 is 31.5. The van der Waals surface area contributed by atoms with Gasteiger partial charge in [-0.15, -0.1) is 0 Å². The lowest BCUT2D eigenvalue weighted by Gasteiger charge is -2.16. The summed E-state index contributed by atoms with van der Waals surface area (Å²) in [6, 6.07) is 11.0. The van der Waals surface area contributed by atoms with Gasteiger partial charge in [0.1, 0.15) is 17.4 Å². The minimum atomic E-state index is -0.579. The molecule has 21 heavy (non-hydrogen) atoms. The molecule has 0 spiro atoms. The van der Waals surface area contributed by atoms with Gasteiger partial charge in [0, 0.05) is 12.1 Å². The Morgan fingerprint density at radius 3 is 2.10 bits per heavy atom. The van der Waals surface area contributed by atoms with E-state index in [1.807, 2.05) is 24.3 Å². The van der Waals surface area contributed by atoms with E-state index in [9.17, 15) is 8.78 Å². The Labute approximate surface area is 122 Å². The molecule has 5 heteroatoms. The van der Waals surface area contributed by atoms with E-state index in [0.29, 0.717) is 18.4 Å². The molecule has 0 fully saturated rings. The smallest absolute Gasteiger partial charge is 0.126 e. The Hall–Kier alpha value is -1.98. The normalized spacial score (nSPS) is 12.2. The van der Waals surface area contributed by atoms with Gasteiger partial charge in [-0.05, 0) is 48.2 Å². The molecule has 0 aliphatic heterocycles. The molecule has 0 aliphatic carbocycles. The van der Waals surface area contributed by atoms with E-state index in [1.165, 1.54) is 12.1 Å². The number of benzene rings is 2. The Morgan fingerprint density at radius 1 is 1.00 bits per heavy atom. The topological polar surface area (TPSA) is 47.3 Å². The van der Waals surface area contributed by atoms with Crippen LogP contribution in [0, 0.1) is 11.6 Å². The third-order valence-corrected chi connectivity index (χ3v) is 3.28. The highest BCUT2D eigenvalue weighted by atomic mass is 19.1. The minimum absolute atomic E-state index is 0.111. The van der Waals surface area contributed by atoms with E-state index in [0.717, 1.165) is 17.4 Å². The van der Waals surface area contributed by atoms with Gasteiger partial charge in [-0.3, -0.25) is 11.3 Å². The van der Waals surface area contributed by atoms with E-state index in [2.05, 4.69) is 5.43 Å². The summed E-state index contributed by atoms with van der Waals surface area (Å²) in [5.74, 6) is 5.16. The van der Waals surface area contributed by atoms with Gasteiger partial charge in [0.15, 0.2) is 0 Å². The van der Waals surface area contributed by atoms with Gasteiger partial charge in [-0.25, -0.2) is 8.78 Å². The summed E-state index contributed by atoms with van der Waals surface area (Å²) in [5.41, 5.74) is 4.33. The Balaban J connectivity index is 2.05. The van der Waals surface area contributed by atoms with Gasteiger partial charge in [0.2, 0.25) is 0 Å². The van der Waals surface area contributed by atoms with Crippen LogP contribution in [0.25, 0.3) is 0 Å². The average Bonchev–Trinajstić information content (AvgIpc) is 2.46. The maximum absolute atomic E-state index is 13.2. The SMILES string of the molecule is COc1ccc(CC(Cc2cc(F)cc(F)c2)NN)cc1.